The van der Waals surface area contributed by atoms with Gasteiger partial charge in [0.25, 0.3) is 11.5 Å². The zero-order valence-corrected chi connectivity index (χ0v) is 16.5. The smallest absolute Gasteiger partial charge is 0.261 e. The summed E-state index contributed by atoms with van der Waals surface area (Å²) in [6.07, 6.45) is 1.01. The summed E-state index contributed by atoms with van der Waals surface area (Å²) in [6.45, 7) is 0. The summed E-state index contributed by atoms with van der Waals surface area (Å²) in [6, 6.07) is 16.8. The third-order valence-electron chi connectivity index (χ3n) is 3.99. The largest absolute Gasteiger partial charge is 0.495 e. The Morgan fingerprint density at radius 2 is 1.76 bits per heavy atom. The molecular weight excluding hydrogens is 394 g/mol. The number of pyridine rings is 1. The van der Waals surface area contributed by atoms with E-state index in [1.165, 1.54) is 31.4 Å². The number of amides is 1. The van der Waals surface area contributed by atoms with Crippen molar-refractivity contribution in [3.05, 3.63) is 76.6 Å². The number of nitrogens with one attached hydrogen (secondary N) is 3. The van der Waals surface area contributed by atoms with Crippen LogP contribution in [0.15, 0.2) is 65.5 Å². The number of methoxy groups -OCH3 is 1. The first-order chi connectivity index (χ1) is 13.8. The van der Waals surface area contributed by atoms with E-state index in [9.17, 15) is 18.0 Å². The molecule has 0 bridgehead atoms. The average molecular weight is 413 g/mol. The fourth-order valence-electron chi connectivity index (χ4n) is 2.70. The molecule has 0 aliphatic heterocycles. The lowest BCUT2D eigenvalue weighted by molar-refractivity contribution is 0.102. The molecule has 0 aliphatic rings. The molecule has 3 N–H and O–H groups in total. The molecule has 3 rings (SSSR count). The van der Waals surface area contributed by atoms with Crippen LogP contribution in [0.3, 0.4) is 0 Å². The van der Waals surface area contributed by atoms with Gasteiger partial charge in [-0.1, -0.05) is 30.3 Å². The number of hydrogen-bond acceptors (Lipinski definition) is 5. The minimum Gasteiger partial charge on any atom is -0.495 e. The number of H-pyrrole nitrogens is 1. The lowest BCUT2D eigenvalue weighted by Gasteiger charge is -2.12. The molecule has 29 heavy (non-hydrogen) atoms. The number of aromatic nitrogens is 1. The maximum atomic E-state index is 12.5. The second-order valence-corrected chi connectivity index (χ2v) is 7.97. The van der Waals surface area contributed by atoms with Crippen LogP contribution in [0, 0.1) is 0 Å². The minimum atomic E-state index is -3.54. The van der Waals surface area contributed by atoms with Gasteiger partial charge in [0.1, 0.15) is 11.3 Å². The van der Waals surface area contributed by atoms with Gasteiger partial charge in [0, 0.05) is 11.4 Å². The van der Waals surface area contributed by atoms with E-state index in [0.717, 1.165) is 11.8 Å². The van der Waals surface area contributed by atoms with Gasteiger partial charge in [0.2, 0.25) is 10.0 Å². The Morgan fingerprint density at radius 3 is 2.38 bits per heavy atom. The lowest BCUT2D eigenvalue weighted by Crippen LogP contribution is -2.23. The molecule has 0 saturated carbocycles. The first kappa shape index (κ1) is 20.2. The molecule has 0 radical (unpaired) electrons. The van der Waals surface area contributed by atoms with Gasteiger partial charge in [-0.15, -0.1) is 0 Å². The molecule has 150 valence electrons. The maximum Gasteiger partial charge on any atom is 0.261 e. The standard InChI is InChI=1S/C20H19N3O5S/c1-28-18-11-8-14(12-17(18)23-29(2,26)27)21-19(24)15-9-10-16(22-20(15)25)13-6-4-3-5-7-13/h3-12,23H,1-2H3,(H,21,24)(H,22,25). The Balaban J connectivity index is 1.85. The van der Waals surface area contributed by atoms with Crippen molar-refractivity contribution in [3.8, 4) is 17.0 Å². The summed E-state index contributed by atoms with van der Waals surface area (Å²) >= 11 is 0. The summed E-state index contributed by atoms with van der Waals surface area (Å²) < 4.78 is 30.5. The second-order valence-electron chi connectivity index (χ2n) is 6.22. The van der Waals surface area contributed by atoms with E-state index in [1.54, 1.807) is 6.07 Å². The summed E-state index contributed by atoms with van der Waals surface area (Å²) in [5, 5.41) is 2.59. The molecular formula is C20H19N3O5S. The highest BCUT2D eigenvalue weighted by Crippen LogP contribution is 2.28. The Bertz CT molecular complexity index is 1200. The van der Waals surface area contributed by atoms with Crippen molar-refractivity contribution < 1.29 is 17.9 Å². The van der Waals surface area contributed by atoms with Crippen LogP contribution in [-0.4, -0.2) is 32.7 Å². The van der Waals surface area contributed by atoms with Gasteiger partial charge in [-0.2, -0.15) is 0 Å². The molecule has 1 heterocycles. The van der Waals surface area contributed by atoms with Crippen molar-refractivity contribution in [1.29, 1.82) is 0 Å². The Labute approximate surface area is 167 Å². The third-order valence-corrected chi connectivity index (χ3v) is 4.58. The van der Waals surface area contributed by atoms with Gasteiger partial charge >= 0.3 is 0 Å². The molecule has 3 aromatic rings. The van der Waals surface area contributed by atoms with Crippen molar-refractivity contribution >= 4 is 27.3 Å². The van der Waals surface area contributed by atoms with Gasteiger partial charge in [0.05, 0.1) is 19.1 Å². The number of anilines is 2. The van der Waals surface area contributed by atoms with Crippen LogP contribution in [0.5, 0.6) is 5.75 Å². The van der Waals surface area contributed by atoms with E-state index in [4.69, 9.17) is 4.74 Å². The van der Waals surface area contributed by atoms with Crippen LogP contribution >= 0.6 is 0 Å². The predicted molar refractivity (Wildman–Crippen MR) is 112 cm³/mol. The van der Waals surface area contributed by atoms with Gasteiger partial charge in [0.15, 0.2) is 0 Å². The number of aromatic amines is 1. The zero-order valence-electron chi connectivity index (χ0n) is 15.7. The van der Waals surface area contributed by atoms with Crippen LogP contribution in [0.2, 0.25) is 0 Å². The average Bonchev–Trinajstić information content (AvgIpc) is 2.67. The van der Waals surface area contributed by atoms with Gasteiger partial charge in [-0.25, -0.2) is 8.42 Å². The van der Waals surface area contributed by atoms with E-state index >= 15 is 0 Å². The summed E-state index contributed by atoms with van der Waals surface area (Å²) in [5.41, 5.74) is 1.28. The first-order valence-corrected chi connectivity index (χ1v) is 10.4. The van der Waals surface area contributed by atoms with Crippen LogP contribution in [0.25, 0.3) is 11.3 Å². The van der Waals surface area contributed by atoms with E-state index in [0.29, 0.717) is 17.1 Å². The van der Waals surface area contributed by atoms with Crippen molar-refractivity contribution in [3.63, 3.8) is 0 Å². The highest BCUT2D eigenvalue weighted by molar-refractivity contribution is 7.92. The van der Waals surface area contributed by atoms with Crippen LogP contribution < -0.4 is 20.3 Å². The molecule has 1 amide bonds. The van der Waals surface area contributed by atoms with Crippen LogP contribution in [0.4, 0.5) is 11.4 Å². The molecule has 0 aliphatic carbocycles. The molecule has 0 spiro atoms. The van der Waals surface area contributed by atoms with Crippen LogP contribution in [-0.2, 0) is 10.0 Å². The van der Waals surface area contributed by atoms with Crippen molar-refractivity contribution in [2.75, 3.05) is 23.4 Å². The maximum absolute atomic E-state index is 12.5. The number of carbonyl (C=O) groups is 1. The van der Waals surface area contributed by atoms with Gasteiger partial charge in [-0.3, -0.25) is 14.3 Å². The summed E-state index contributed by atoms with van der Waals surface area (Å²) in [5.74, 6) is -0.334. The monoisotopic (exact) mass is 413 g/mol. The topological polar surface area (TPSA) is 117 Å². The van der Waals surface area contributed by atoms with E-state index < -0.39 is 21.5 Å². The van der Waals surface area contributed by atoms with Crippen molar-refractivity contribution in [2.24, 2.45) is 0 Å². The quantitative estimate of drug-likeness (QED) is 0.574. The number of hydrogen-bond donors (Lipinski definition) is 3. The summed E-state index contributed by atoms with van der Waals surface area (Å²) in [4.78, 5) is 27.6. The predicted octanol–water partition coefficient (Wildman–Crippen LogP) is 2.67. The number of carbonyl (C=O) groups excluding carboxylic acids is 1. The summed E-state index contributed by atoms with van der Waals surface area (Å²) in [7, 11) is -2.15. The first-order valence-electron chi connectivity index (χ1n) is 8.53. The molecule has 0 atom stereocenters. The SMILES string of the molecule is COc1ccc(NC(=O)c2ccc(-c3ccccc3)[nH]c2=O)cc1NS(C)(=O)=O. The molecule has 2 aromatic carbocycles. The van der Waals surface area contributed by atoms with E-state index in [2.05, 4.69) is 15.0 Å². The second kappa shape index (κ2) is 8.19. The number of ether oxygens (including phenoxy) is 1. The van der Waals surface area contributed by atoms with Gasteiger partial charge in [-0.05, 0) is 35.9 Å². The molecule has 0 unspecified atom stereocenters. The number of benzene rings is 2. The van der Waals surface area contributed by atoms with Crippen molar-refractivity contribution in [1.82, 2.24) is 4.98 Å². The van der Waals surface area contributed by atoms with E-state index in [1.807, 2.05) is 30.3 Å². The minimum absolute atomic E-state index is 0.0712. The Kier molecular flexibility index (Phi) is 5.69. The number of rotatable bonds is 6. The van der Waals surface area contributed by atoms with E-state index in [-0.39, 0.29) is 11.3 Å². The molecule has 8 nitrogen and oxygen atoms in total. The third kappa shape index (κ3) is 5.02. The van der Waals surface area contributed by atoms with Crippen LogP contribution in [0.1, 0.15) is 10.4 Å². The fraction of sp³-hybridized carbons (Fsp3) is 0.100. The molecule has 0 saturated heterocycles. The fourth-order valence-corrected chi connectivity index (χ4v) is 3.26. The molecule has 1 aromatic heterocycles. The van der Waals surface area contributed by atoms with Gasteiger partial charge < -0.3 is 15.0 Å². The lowest BCUT2D eigenvalue weighted by atomic mass is 10.1. The Morgan fingerprint density at radius 1 is 1.03 bits per heavy atom. The molecule has 9 heteroatoms. The van der Waals surface area contributed by atoms with Crippen molar-refractivity contribution in [2.45, 2.75) is 0 Å². The number of sulfonamides is 1. The Hall–Kier alpha value is -3.59. The normalized spacial score (nSPS) is 11.0. The zero-order chi connectivity index (χ0) is 21.0. The highest BCUT2D eigenvalue weighted by atomic mass is 32.2. The molecule has 0 fully saturated rings. The highest BCUT2D eigenvalue weighted by Gasteiger charge is 2.14.